The summed E-state index contributed by atoms with van der Waals surface area (Å²) in [4.78, 5) is 20.4. The highest BCUT2D eigenvalue weighted by molar-refractivity contribution is 7.99. The summed E-state index contributed by atoms with van der Waals surface area (Å²) in [6.45, 7) is 0.584. The number of carbonyl (C=O) groups excluding carboxylic acids is 1. The van der Waals surface area contributed by atoms with Crippen LogP contribution in [0.5, 0.6) is 5.88 Å². The zero-order valence-electron chi connectivity index (χ0n) is 12.8. The third kappa shape index (κ3) is 4.69. The number of aromatic nitrogens is 2. The summed E-state index contributed by atoms with van der Waals surface area (Å²) in [5.41, 5.74) is 1.73. The molecule has 120 valence electrons. The molecule has 0 aromatic carbocycles. The van der Waals surface area contributed by atoms with E-state index in [-0.39, 0.29) is 12.0 Å². The number of pyridine rings is 2. The van der Waals surface area contributed by atoms with E-state index in [1.54, 1.807) is 30.7 Å². The normalized spacial score (nSPS) is 17.0. The molecule has 0 radical (unpaired) electrons. The van der Waals surface area contributed by atoms with Crippen LogP contribution in [0.25, 0.3) is 0 Å². The average Bonchev–Trinajstić information content (AvgIpc) is 3.09. The van der Waals surface area contributed by atoms with Gasteiger partial charge in [-0.25, -0.2) is 4.98 Å². The minimum Gasteiger partial charge on any atom is -0.473 e. The lowest BCUT2D eigenvalue weighted by Crippen LogP contribution is -2.26. The van der Waals surface area contributed by atoms with Crippen molar-refractivity contribution >= 4 is 17.7 Å². The zero-order valence-corrected chi connectivity index (χ0v) is 13.6. The van der Waals surface area contributed by atoms with Gasteiger partial charge < -0.3 is 10.1 Å². The van der Waals surface area contributed by atoms with E-state index in [4.69, 9.17) is 4.74 Å². The first-order chi connectivity index (χ1) is 11.3. The number of thioether (sulfide) groups is 1. The van der Waals surface area contributed by atoms with Gasteiger partial charge >= 0.3 is 0 Å². The van der Waals surface area contributed by atoms with Crippen molar-refractivity contribution in [1.29, 1.82) is 0 Å². The van der Waals surface area contributed by atoms with E-state index in [0.717, 1.165) is 29.9 Å². The number of hydrogen-bond acceptors (Lipinski definition) is 5. The minimum atomic E-state index is -0.105. The first-order valence-electron chi connectivity index (χ1n) is 7.69. The third-order valence-corrected chi connectivity index (χ3v) is 4.75. The molecule has 1 aliphatic heterocycles. The molecule has 1 atom stereocenters. The highest BCUT2D eigenvalue weighted by atomic mass is 32.2. The fraction of sp³-hybridized carbons (Fsp3) is 0.353. The van der Waals surface area contributed by atoms with Crippen LogP contribution in [0, 0.1) is 0 Å². The molecule has 1 N–H and O–H groups in total. The van der Waals surface area contributed by atoms with Gasteiger partial charge in [0, 0.05) is 42.5 Å². The Kier molecular flexibility index (Phi) is 5.47. The highest BCUT2D eigenvalue weighted by Gasteiger charge is 2.18. The molecule has 1 aliphatic rings. The molecule has 3 rings (SSSR count). The van der Waals surface area contributed by atoms with Crippen molar-refractivity contribution in [3.8, 4) is 5.88 Å². The summed E-state index contributed by atoms with van der Waals surface area (Å²) in [6, 6.07) is 7.32. The molecule has 23 heavy (non-hydrogen) atoms. The number of hydrogen-bond donors (Lipinski definition) is 1. The predicted molar refractivity (Wildman–Crippen MR) is 90.9 cm³/mol. The Bertz CT molecular complexity index is 645. The molecule has 3 heterocycles. The molecule has 2 aromatic heterocycles. The second-order valence-electron chi connectivity index (χ2n) is 5.35. The monoisotopic (exact) mass is 329 g/mol. The molecular weight excluding hydrogens is 310 g/mol. The van der Waals surface area contributed by atoms with Crippen LogP contribution < -0.4 is 10.1 Å². The molecule has 0 saturated carbocycles. The van der Waals surface area contributed by atoms with E-state index < -0.39 is 0 Å². The molecule has 0 bridgehead atoms. The lowest BCUT2D eigenvalue weighted by Gasteiger charge is -2.12. The Balaban J connectivity index is 1.52. The second-order valence-corrected chi connectivity index (χ2v) is 6.50. The van der Waals surface area contributed by atoms with Crippen LogP contribution in [-0.2, 0) is 6.42 Å². The van der Waals surface area contributed by atoms with Gasteiger partial charge in [0.05, 0.1) is 0 Å². The highest BCUT2D eigenvalue weighted by Crippen LogP contribution is 2.22. The molecule has 0 spiro atoms. The van der Waals surface area contributed by atoms with Crippen LogP contribution in [0.3, 0.4) is 0 Å². The Morgan fingerprint density at radius 1 is 1.30 bits per heavy atom. The second kappa shape index (κ2) is 7.97. The minimum absolute atomic E-state index is 0.105. The van der Waals surface area contributed by atoms with Crippen LogP contribution in [0.15, 0.2) is 42.9 Å². The molecule has 1 unspecified atom stereocenters. The van der Waals surface area contributed by atoms with Gasteiger partial charge in [-0.05, 0) is 42.4 Å². The van der Waals surface area contributed by atoms with Gasteiger partial charge in [-0.2, -0.15) is 11.8 Å². The lowest BCUT2D eigenvalue weighted by molar-refractivity contribution is 0.0953. The summed E-state index contributed by atoms with van der Waals surface area (Å²) >= 11 is 1.88. The standard InChI is InChI=1S/C17H19N3O2S/c21-17(20-8-3-13-1-6-18-7-2-13)14-4-9-19-16(11-14)22-15-5-10-23-12-15/h1-2,4,6-7,9,11,15H,3,5,8,10,12H2,(H,20,21). The topological polar surface area (TPSA) is 64.1 Å². The molecule has 1 amide bonds. The van der Waals surface area contributed by atoms with Crippen molar-refractivity contribution in [2.45, 2.75) is 18.9 Å². The van der Waals surface area contributed by atoms with Crippen LogP contribution in [0.4, 0.5) is 0 Å². The molecule has 6 heteroatoms. The van der Waals surface area contributed by atoms with E-state index in [9.17, 15) is 4.79 Å². The van der Waals surface area contributed by atoms with E-state index >= 15 is 0 Å². The average molecular weight is 329 g/mol. The van der Waals surface area contributed by atoms with Gasteiger partial charge in [-0.15, -0.1) is 0 Å². The van der Waals surface area contributed by atoms with Gasteiger partial charge in [0.15, 0.2) is 0 Å². The molecule has 1 saturated heterocycles. The van der Waals surface area contributed by atoms with E-state index in [1.807, 2.05) is 23.9 Å². The zero-order chi connectivity index (χ0) is 15.9. The molecule has 2 aromatic rings. The first kappa shape index (κ1) is 15.8. The van der Waals surface area contributed by atoms with Crippen molar-refractivity contribution in [2.75, 3.05) is 18.1 Å². The van der Waals surface area contributed by atoms with Crippen molar-refractivity contribution in [2.24, 2.45) is 0 Å². The maximum Gasteiger partial charge on any atom is 0.251 e. The summed E-state index contributed by atoms with van der Waals surface area (Å²) < 4.78 is 5.82. The van der Waals surface area contributed by atoms with Crippen molar-refractivity contribution in [3.63, 3.8) is 0 Å². The van der Waals surface area contributed by atoms with Crippen molar-refractivity contribution in [3.05, 3.63) is 54.0 Å². The van der Waals surface area contributed by atoms with Gasteiger partial charge in [0.1, 0.15) is 6.10 Å². The molecule has 0 aliphatic carbocycles. The van der Waals surface area contributed by atoms with Gasteiger partial charge in [-0.3, -0.25) is 9.78 Å². The van der Waals surface area contributed by atoms with Gasteiger partial charge in [0.2, 0.25) is 5.88 Å². The molecular formula is C17H19N3O2S. The van der Waals surface area contributed by atoms with Crippen molar-refractivity contribution < 1.29 is 9.53 Å². The Morgan fingerprint density at radius 2 is 2.17 bits per heavy atom. The number of nitrogens with zero attached hydrogens (tertiary/aromatic N) is 2. The lowest BCUT2D eigenvalue weighted by atomic mass is 10.2. The maximum atomic E-state index is 12.2. The van der Waals surface area contributed by atoms with E-state index in [1.165, 1.54) is 0 Å². The number of rotatable bonds is 6. The van der Waals surface area contributed by atoms with E-state index in [0.29, 0.717) is 18.0 Å². The SMILES string of the molecule is O=C(NCCc1ccncc1)c1ccnc(OC2CCSC2)c1. The van der Waals surface area contributed by atoms with Crippen LogP contribution in [0.2, 0.25) is 0 Å². The summed E-state index contributed by atoms with van der Waals surface area (Å²) in [5.74, 6) is 2.54. The molecule has 1 fully saturated rings. The predicted octanol–water partition coefficient (Wildman–Crippen LogP) is 2.33. The fourth-order valence-electron chi connectivity index (χ4n) is 2.36. The van der Waals surface area contributed by atoms with Gasteiger partial charge in [-0.1, -0.05) is 0 Å². The quantitative estimate of drug-likeness (QED) is 0.881. The van der Waals surface area contributed by atoms with Crippen LogP contribution in [-0.4, -0.2) is 40.0 Å². The Morgan fingerprint density at radius 3 is 2.96 bits per heavy atom. The Hall–Kier alpha value is -2.08. The third-order valence-electron chi connectivity index (χ3n) is 3.62. The summed E-state index contributed by atoms with van der Waals surface area (Å²) in [6.07, 6.45) is 7.15. The smallest absolute Gasteiger partial charge is 0.251 e. The van der Waals surface area contributed by atoms with Crippen LogP contribution >= 0.6 is 11.8 Å². The number of carbonyl (C=O) groups is 1. The maximum absolute atomic E-state index is 12.2. The first-order valence-corrected chi connectivity index (χ1v) is 8.84. The Labute approximate surface area is 139 Å². The summed E-state index contributed by atoms with van der Waals surface area (Å²) in [7, 11) is 0. The number of nitrogens with one attached hydrogen (secondary N) is 1. The number of ether oxygens (including phenoxy) is 1. The molecule has 5 nitrogen and oxygen atoms in total. The number of amides is 1. The van der Waals surface area contributed by atoms with Gasteiger partial charge in [0.25, 0.3) is 5.91 Å². The summed E-state index contributed by atoms with van der Waals surface area (Å²) in [5, 5.41) is 2.92. The van der Waals surface area contributed by atoms with Crippen molar-refractivity contribution in [1.82, 2.24) is 15.3 Å². The van der Waals surface area contributed by atoms with Crippen LogP contribution in [0.1, 0.15) is 22.3 Å². The van der Waals surface area contributed by atoms with E-state index in [2.05, 4.69) is 15.3 Å². The fourth-order valence-corrected chi connectivity index (χ4v) is 3.46. The largest absolute Gasteiger partial charge is 0.473 e.